The molecule has 3 heterocycles. The third-order valence-corrected chi connectivity index (χ3v) is 5.21. The minimum Gasteiger partial charge on any atom is -0.378 e. The molecule has 1 aromatic carbocycles. The molecule has 2 fully saturated rings. The van der Waals surface area contributed by atoms with Gasteiger partial charge in [0.05, 0.1) is 13.2 Å². The van der Waals surface area contributed by atoms with Crippen molar-refractivity contribution in [3.8, 4) is 11.4 Å². The maximum absolute atomic E-state index is 12.6. The van der Waals surface area contributed by atoms with Crippen molar-refractivity contribution < 1.29 is 14.1 Å². The lowest BCUT2D eigenvalue weighted by molar-refractivity contribution is -0.140. The van der Waals surface area contributed by atoms with E-state index in [0.29, 0.717) is 43.2 Å². The van der Waals surface area contributed by atoms with Gasteiger partial charge in [-0.1, -0.05) is 16.8 Å². The largest absolute Gasteiger partial charge is 0.378 e. The Labute approximate surface area is 156 Å². The van der Waals surface area contributed by atoms with Crippen LogP contribution in [0.2, 0.25) is 5.02 Å². The van der Waals surface area contributed by atoms with Crippen LogP contribution in [0.3, 0.4) is 0 Å². The summed E-state index contributed by atoms with van der Waals surface area (Å²) < 4.78 is 10.7. The Hall–Kier alpha value is -2.12. The van der Waals surface area contributed by atoms with Crippen molar-refractivity contribution in [2.45, 2.75) is 12.8 Å². The molecule has 2 saturated heterocycles. The van der Waals surface area contributed by atoms with Crippen molar-refractivity contribution in [3.63, 3.8) is 0 Å². The number of amides is 1. The number of carbonyl (C=O) groups is 1. The summed E-state index contributed by atoms with van der Waals surface area (Å²) in [6, 6.07) is 7.84. The second kappa shape index (κ2) is 7.63. The lowest BCUT2D eigenvalue weighted by Gasteiger charge is -2.34. The number of ether oxygens (including phenoxy) is 1. The second-order valence-electron chi connectivity index (χ2n) is 6.61. The Morgan fingerprint density at radius 3 is 2.46 bits per heavy atom. The Balaban J connectivity index is 1.36. The number of carbonyl (C=O) groups excluding carboxylic acids is 1. The normalized spacial score (nSPS) is 19.0. The number of aromatic nitrogens is 2. The molecule has 8 heteroatoms. The molecule has 0 atom stereocenters. The van der Waals surface area contributed by atoms with E-state index in [2.05, 4.69) is 15.0 Å². The molecule has 4 rings (SSSR count). The summed E-state index contributed by atoms with van der Waals surface area (Å²) in [6.07, 6.45) is 1.60. The van der Waals surface area contributed by atoms with E-state index in [1.54, 1.807) is 12.1 Å². The van der Waals surface area contributed by atoms with Crippen LogP contribution in [0.5, 0.6) is 0 Å². The Bertz CT molecular complexity index is 750. The number of morpholine rings is 1. The van der Waals surface area contributed by atoms with Gasteiger partial charge in [0, 0.05) is 42.7 Å². The van der Waals surface area contributed by atoms with Gasteiger partial charge in [-0.05, 0) is 37.1 Å². The van der Waals surface area contributed by atoms with Gasteiger partial charge < -0.3 is 19.1 Å². The summed E-state index contributed by atoms with van der Waals surface area (Å²) in [5, 5.41) is 4.73. The summed E-state index contributed by atoms with van der Waals surface area (Å²) in [4.78, 5) is 21.1. The maximum atomic E-state index is 12.6. The van der Waals surface area contributed by atoms with Crippen LogP contribution in [-0.4, -0.2) is 60.3 Å². The smallest absolute Gasteiger partial charge is 0.324 e. The standard InChI is InChI=1S/C18H21ClN4O3/c19-15-3-1-13(2-4-15)16-20-18(26-21-16)23-7-5-14(6-8-23)17(24)22-9-11-25-12-10-22/h1-4,14H,5-12H2. The van der Waals surface area contributed by atoms with E-state index < -0.39 is 0 Å². The highest BCUT2D eigenvalue weighted by Gasteiger charge is 2.31. The number of hydrogen-bond acceptors (Lipinski definition) is 6. The van der Waals surface area contributed by atoms with Gasteiger partial charge in [0.15, 0.2) is 0 Å². The fourth-order valence-corrected chi connectivity index (χ4v) is 3.55. The number of halogens is 1. The first-order valence-electron chi connectivity index (χ1n) is 8.92. The first-order valence-corrected chi connectivity index (χ1v) is 9.29. The summed E-state index contributed by atoms with van der Waals surface area (Å²) in [7, 11) is 0. The SMILES string of the molecule is O=C(C1CCN(c2nc(-c3ccc(Cl)cc3)no2)CC1)N1CCOCC1. The Morgan fingerprint density at radius 1 is 1.08 bits per heavy atom. The highest BCUT2D eigenvalue weighted by Crippen LogP contribution is 2.26. The molecule has 1 amide bonds. The monoisotopic (exact) mass is 376 g/mol. The third-order valence-electron chi connectivity index (χ3n) is 4.96. The predicted molar refractivity (Wildman–Crippen MR) is 97.1 cm³/mol. The molecule has 0 radical (unpaired) electrons. The maximum Gasteiger partial charge on any atom is 0.324 e. The molecule has 2 aliphatic heterocycles. The first kappa shape index (κ1) is 17.3. The van der Waals surface area contributed by atoms with E-state index in [1.807, 2.05) is 17.0 Å². The van der Waals surface area contributed by atoms with Crippen molar-refractivity contribution in [1.82, 2.24) is 15.0 Å². The molecule has 0 bridgehead atoms. The number of benzene rings is 1. The third kappa shape index (κ3) is 3.68. The lowest BCUT2D eigenvalue weighted by Crippen LogP contribution is -2.46. The van der Waals surface area contributed by atoms with Crippen molar-refractivity contribution in [2.75, 3.05) is 44.3 Å². The molecule has 138 valence electrons. The topological polar surface area (TPSA) is 71.7 Å². The number of rotatable bonds is 3. The quantitative estimate of drug-likeness (QED) is 0.819. The zero-order chi connectivity index (χ0) is 17.9. The van der Waals surface area contributed by atoms with Gasteiger partial charge in [0.2, 0.25) is 11.7 Å². The van der Waals surface area contributed by atoms with E-state index in [-0.39, 0.29) is 11.8 Å². The molecule has 0 saturated carbocycles. The lowest BCUT2D eigenvalue weighted by atomic mass is 9.95. The Kier molecular flexibility index (Phi) is 5.08. The van der Waals surface area contributed by atoms with E-state index in [0.717, 1.165) is 31.5 Å². The minimum atomic E-state index is 0.0722. The molecular weight excluding hydrogens is 356 g/mol. The van der Waals surface area contributed by atoms with Gasteiger partial charge >= 0.3 is 6.01 Å². The molecule has 0 unspecified atom stereocenters. The fourth-order valence-electron chi connectivity index (χ4n) is 3.42. The average Bonchev–Trinajstić information content (AvgIpc) is 3.19. The average molecular weight is 377 g/mol. The number of nitrogens with zero attached hydrogens (tertiary/aromatic N) is 4. The van der Waals surface area contributed by atoms with Crippen molar-refractivity contribution in [3.05, 3.63) is 29.3 Å². The van der Waals surface area contributed by atoms with Gasteiger partial charge in [0.25, 0.3) is 0 Å². The van der Waals surface area contributed by atoms with Crippen LogP contribution in [0.1, 0.15) is 12.8 Å². The predicted octanol–water partition coefficient (Wildman–Crippen LogP) is 2.47. The summed E-state index contributed by atoms with van der Waals surface area (Å²) in [5.74, 6) is 0.867. The molecule has 1 aromatic heterocycles. The van der Waals surface area contributed by atoms with Crippen LogP contribution in [0, 0.1) is 5.92 Å². The van der Waals surface area contributed by atoms with Gasteiger partial charge in [-0.2, -0.15) is 4.98 Å². The summed E-state index contributed by atoms with van der Waals surface area (Å²) >= 11 is 5.91. The van der Waals surface area contributed by atoms with Crippen molar-refractivity contribution >= 4 is 23.5 Å². The molecule has 2 aliphatic rings. The molecule has 26 heavy (non-hydrogen) atoms. The van der Waals surface area contributed by atoms with Crippen molar-refractivity contribution in [1.29, 1.82) is 0 Å². The van der Waals surface area contributed by atoms with E-state index in [4.69, 9.17) is 20.9 Å². The molecule has 0 aliphatic carbocycles. The van der Waals surface area contributed by atoms with E-state index >= 15 is 0 Å². The highest BCUT2D eigenvalue weighted by molar-refractivity contribution is 6.30. The molecular formula is C18H21ClN4O3. The van der Waals surface area contributed by atoms with Crippen LogP contribution in [0.4, 0.5) is 6.01 Å². The van der Waals surface area contributed by atoms with Crippen LogP contribution in [0.15, 0.2) is 28.8 Å². The van der Waals surface area contributed by atoms with Gasteiger partial charge in [0.1, 0.15) is 0 Å². The van der Waals surface area contributed by atoms with Crippen molar-refractivity contribution in [2.24, 2.45) is 5.92 Å². The zero-order valence-corrected chi connectivity index (χ0v) is 15.2. The first-order chi connectivity index (χ1) is 12.7. The minimum absolute atomic E-state index is 0.0722. The van der Waals surface area contributed by atoms with Crippen LogP contribution in [-0.2, 0) is 9.53 Å². The Morgan fingerprint density at radius 2 is 1.77 bits per heavy atom. The second-order valence-corrected chi connectivity index (χ2v) is 7.04. The summed E-state index contributed by atoms with van der Waals surface area (Å²) in [5.41, 5.74) is 0.863. The van der Waals surface area contributed by atoms with Crippen LogP contribution in [0.25, 0.3) is 11.4 Å². The molecule has 7 nitrogen and oxygen atoms in total. The number of hydrogen-bond donors (Lipinski definition) is 0. The van der Waals surface area contributed by atoms with E-state index in [9.17, 15) is 4.79 Å². The van der Waals surface area contributed by atoms with Crippen LogP contribution >= 0.6 is 11.6 Å². The van der Waals surface area contributed by atoms with Crippen LogP contribution < -0.4 is 4.90 Å². The van der Waals surface area contributed by atoms with Gasteiger partial charge in [-0.25, -0.2) is 0 Å². The van der Waals surface area contributed by atoms with Gasteiger partial charge in [-0.15, -0.1) is 0 Å². The fraction of sp³-hybridized carbons (Fsp3) is 0.500. The van der Waals surface area contributed by atoms with E-state index in [1.165, 1.54) is 0 Å². The molecule has 0 spiro atoms. The molecule has 0 N–H and O–H groups in total. The number of anilines is 1. The highest BCUT2D eigenvalue weighted by atomic mass is 35.5. The molecule has 2 aromatic rings. The zero-order valence-electron chi connectivity index (χ0n) is 14.4. The number of piperidine rings is 1. The van der Waals surface area contributed by atoms with Gasteiger partial charge in [-0.3, -0.25) is 4.79 Å². The summed E-state index contributed by atoms with van der Waals surface area (Å²) in [6.45, 7) is 4.16.